The summed E-state index contributed by atoms with van der Waals surface area (Å²) in [5.74, 6) is 0.137. The van der Waals surface area contributed by atoms with Crippen molar-refractivity contribution in [3.63, 3.8) is 0 Å². The van der Waals surface area contributed by atoms with Crippen LogP contribution in [0.15, 0.2) is 12.4 Å². The third-order valence-corrected chi connectivity index (χ3v) is 3.30. The topological polar surface area (TPSA) is 61.0 Å². The standard InChI is InChI=1S/C12H20N4O/c1-16(9-10-6-14-15-7-10)12(17)8-13-11-4-2-3-5-11/h6-7,11,13H,2-5,8-9H2,1H3,(H,14,15). The first-order valence-electron chi connectivity index (χ1n) is 6.20. The second-order valence-electron chi connectivity index (χ2n) is 4.72. The summed E-state index contributed by atoms with van der Waals surface area (Å²) in [5.41, 5.74) is 1.03. The molecule has 5 nitrogen and oxygen atoms in total. The number of H-pyrrole nitrogens is 1. The van der Waals surface area contributed by atoms with E-state index in [0.717, 1.165) is 5.56 Å². The van der Waals surface area contributed by atoms with Crippen LogP contribution >= 0.6 is 0 Å². The van der Waals surface area contributed by atoms with E-state index in [1.807, 2.05) is 13.2 Å². The van der Waals surface area contributed by atoms with Gasteiger partial charge in [-0.1, -0.05) is 12.8 Å². The summed E-state index contributed by atoms with van der Waals surface area (Å²) in [7, 11) is 1.83. The van der Waals surface area contributed by atoms with E-state index in [-0.39, 0.29) is 5.91 Å². The van der Waals surface area contributed by atoms with E-state index >= 15 is 0 Å². The Hall–Kier alpha value is -1.36. The van der Waals surface area contributed by atoms with Crippen molar-refractivity contribution in [3.8, 4) is 0 Å². The average molecular weight is 236 g/mol. The second-order valence-corrected chi connectivity index (χ2v) is 4.72. The number of aromatic nitrogens is 2. The number of likely N-dealkylation sites (N-methyl/N-ethyl adjacent to an activating group) is 1. The molecule has 1 aliphatic rings. The fraction of sp³-hybridized carbons (Fsp3) is 0.667. The first-order chi connectivity index (χ1) is 8.25. The Kier molecular flexibility index (Phi) is 4.14. The van der Waals surface area contributed by atoms with Crippen LogP contribution in [0.2, 0.25) is 0 Å². The summed E-state index contributed by atoms with van der Waals surface area (Å²) in [4.78, 5) is 13.6. The Labute approximate surface area is 102 Å². The van der Waals surface area contributed by atoms with E-state index in [1.54, 1.807) is 11.1 Å². The summed E-state index contributed by atoms with van der Waals surface area (Å²) >= 11 is 0. The number of carbonyl (C=O) groups is 1. The van der Waals surface area contributed by atoms with Crippen LogP contribution in [0.25, 0.3) is 0 Å². The number of amides is 1. The lowest BCUT2D eigenvalue weighted by atomic mass is 10.2. The zero-order valence-corrected chi connectivity index (χ0v) is 10.3. The molecule has 0 aliphatic heterocycles. The molecule has 1 heterocycles. The van der Waals surface area contributed by atoms with Gasteiger partial charge in [0.2, 0.25) is 5.91 Å². The van der Waals surface area contributed by atoms with Gasteiger partial charge >= 0.3 is 0 Å². The van der Waals surface area contributed by atoms with Gasteiger partial charge in [0.05, 0.1) is 12.7 Å². The summed E-state index contributed by atoms with van der Waals surface area (Å²) in [6, 6.07) is 0.543. The number of hydrogen-bond donors (Lipinski definition) is 2. The third-order valence-electron chi connectivity index (χ3n) is 3.30. The maximum Gasteiger partial charge on any atom is 0.236 e. The fourth-order valence-corrected chi connectivity index (χ4v) is 2.22. The van der Waals surface area contributed by atoms with Crippen LogP contribution in [-0.2, 0) is 11.3 Å². The highest BCUT2D eigenvalue weighted by Gasteiger charge is 2.16. The molecule has 0 radical (unpaired) electrons. The Morgan fingerprint density at radius 1 is 1.59 bits per heavy atom. The average Bonchev–Trinajstić information content (AvgIpc) is 2.98. The molecule has 0 unspecified atom stereocenters. The van der Waals surface area contributed by atoms with E-state index < -0.39 is 0 Å². The summed E-state index contributed by atoms with van der Waals surface area (Å²) in [6.07, 6.45) is 8.55. The molecule has 0 aromatic carbocycles. The van der Waals surface area contributed by atoms with E-state index in [0.29, 0.717) is 19.1 Å². The Morgan fingerprint density at radius 3 is 3.00 bits per heavy atom. The predicted octanol–water partition coefficient (Wildman–Crippen LogP) is 0.900. The fourth-order valence-electron chi connectivity index (χ4n) is 2.22. The normalized spacial score (nSPS) is 16.3. The van der Waals surface area contributed by atoms with Gasteiger partial charge in [0.1, 0.15) is 0 Å². The minimum Gasteiger partial charge on any atom is -0.340 e. The minimum atomic E-state index is 0.137. The molecule has 0 saturated heterocycles. The molecule has 2 N–H and O–H groups in total. The predicted molar refractivity (Wildman–Crippen MR) is 65.3 cm³/mol. The van der Waals surface area contributed by atoms with Gasteiger partial charge in [0.15, 0.2) is 0 Å². The first kappa shape index (κ1) is 12.1. The van der Waals surface area contributed by atoms with Crippen LogP contribution in [0.3, 0.4) is 0 Å². The minimum absolute atomic E-state index is 0.137. The lowest BCUT2D eigenvalue weighted by molar-refractivity contribution is -0.129. The van der Waals surface area contributed by atoms with Gasteiger partial charge in [-0.2, -0.15) is 5.10 Å². The molecule has 1 fully saturated rings. The van der Waals surface area contributed by atoms with Gasteiger partial charge < -0.3 is 10.2 Å². The van der Waals surface area contributed by atoms with Gasteiger partial charge in [-0.05, 0) is 12.8 Å². The van der Waals surface area contributed by atoms with E-state index in [2.05, 4.69) is 15.5 Å². The molecule has 2 rings (SSSR count). The number of rotatable bonds is 5. The van der Waals surface area contributed by atoms with Gasteiger partial charge in [0.25, 0.3) is 0 Å². The van der Waals surface area contributed by atoms with Crippen molar-refractivity contribution in [1.29, 1.82) is 0 Å². The van der Waals surface area contributed by atoms with Crippen molar-refractivity contribution in [2.45, 2.75) is 38.3 Å². The lowest BCUT2D eigenvalue weighted by Crippen LogP contribution is -2.38. The maximum absolute atomic E-state index is 11.9. The van der Waals surface area contributed by atoms with Crippen LogP contribution < -0.4 is 5.32 Å². The van der Waals surface area contributed by atoms with Crippen molar-refractivity contribution in [1.82, 2.24) is 20.4 Å². The number of nitrogens with zero attached hydrogens (tertiary/aromatic N) is 2. The molecule has 1 aromatic rings. The number of aromatic amines is 1. The van der Waals surface area contributed by atoms with Crippen molar-refractivity contribution in [3.05, 3.63) is 18.0 Å². The SMILES string of the molecule is CN(Cc1cn[nH]c1)C(=O)CNC1CCCC1. The molecule has 0 bridgehead atoms. The molecule has 1 aromatic heterocycles. The van der Waals surface area contributed by atoms with Crippen LogP contribution in [0.4, 0.5) is 0 Å². The van der Waals surface area contributed by atoms with Gasteiger partial charge in [0, 0.05) is 31.4 Å². The Bertz CT molecular complexity index is 343. The quantitative estimate of drug-likeness (QED) is 0.798. The highest BCUT2D eigenvalue weighted by molar-refractivity contribution is 5.77. The second kappa shape index (κ2) is 5.82. The molecule has 1 amide bonds. The highest BCUT2D eigenvalue weighted by Crippen LogP contribution is 2.17. The molecule has 17 heavy (non-hydrogen) atoms. The monoisotopic (exact) mass is 236 g/mol. The Morgan fingerprint density at radius 2 is 2.35 bits per heavy atom. The molecule has 1 saturated carbocycles. The molecule has 5 heteroatoms. The van der Waals surface area contributed by atoms with Gasteiger partial charge in [-0.15, -0.1) is 0 Å². The molecular formula is C12H20N4O. The lowest BCUT2D eigenvalue weighted by Gasteiger charge is -2.18. The van der Waals surface area contributed by atoms with Gasteiger partial charge in [-0.25, -0.2) is 0 Å². The molecule has 0 atom stereocenters. The van der Waals surface area contributed by atoms with Crippen molar-refractivity contribution < 1.29 is 4.79 Å². The van der Waals surface area contributed by atoms with Crippen molar-refractivity contribution in [2.75, 3.05) is 13.6 Å². The van der Waals surface area contributed by atoms with E-state index in [9.17, 15) is 4.79 Å². The number of nitrogens with one attached hydrogen (secondary N) is 2. The summed E-state index contributed by atoms with van der Waals surface area (Å²) < 4.78 is 0. The molecule has 1 aliphatic carbocycles. The van der Waals surface area contributed by atoms with Crippen LogP contribution in [0.1, 0.15) is 31.2 Å². The summed E-state index contributed by atoms with van der Waals surface area (Å²) in [6.45, 7) is 1.06. The molecular weight excluding hydrogens is 216 g/mol. The first-order valence-corrected chi connectivity index (χ1v) is 6.20. The number of hydrogen-bond acceptors (Lipinski definition) is 3. The molecule has 94 valence electrons. The van der Waals surface area contributed by atoms with Gasteiger partial charge in [-0.3, -0.25) is 9.89 Å². The molecule has 0 spiro atoms. The van der Waals surface area contributed by atoms with Crippen LogP contribution in [0.5, 0.6) is 0 Å². The van der Waals surface area contributed by atoms with Crippen LogP contribution in [-0.4, -0.2) is 40.6 Å². The number of carbonyl (C=O) groups excluding carboxylic acids is 1. The maximum atomic E-state index is 11.9. The largest absolute Gasteiger partial charge is 0.340 e. The van der Waals surface area contributed by atoms with Crippen molar-refractivity contribution >= 4 is 5.91 Å². The highest BCUT2D eigenvalue weighted by atomic mass is 16.2. The third kappa shape index (κ3) is 3.56. The Balaban J connectivity index is 1.71. The summed E-state index contributed by atoms with van der Waals surface area (Å²) in [5, 5.41) is 9.94. The zero-order valence-electron chi connectivity index (χ0n) is 10.3. The van der Waals surface area contributed by atoms with E-state index in [4.69, 9.17) is 0 Å². The van der Waals surface area contributed by atoms with Crippen molar-refractivity contribution in [2.24, 2.45) is 0 Å². The van der Waals surface area contributed by atoms with Crippen LogP contribution in [0, 0.1) is 0 Å². The van der Waals surface area contributed by atoms with E-state index in [1.165, 1.54) is 25.7 Å². The smallest absolute Gasteiger partial charge is 0.236 e. The zero-order chi connectivity index (χ0) is 12.1.